The van der Waals surface area contributed by atoms with Crippen LogP contribution in [-0.2, 0) is 11.2 Å². The third-order valence-corrected chi connectivity index (χ3v) is 6.29. The summed E-state index contributed by atoms with van der Waals surface area (Å²) in [4.78, 5) is 0. The molecule has 2 aromatic carbocycles. The molecule has 3 rings (SSSR count). The average molecular weight is 363 g/mol. The van der Waals surface area contributed by atoms with Crippen molar-refractivity contribution >= 4 is 0 Å². The third-order valence-electron chi connectivity index (χ3n) is 6.29. The van der Waals surface area contributed by atoms with E-state index in [0.29, 0.717) is 0 Å². The van der Waals surface area contributed by atoms with E-state index in [9.17, 15) is 0 Å². The summed E-state index contributed by atoms with van der Waals surface area (Å²) in [6, 6.07) is 18.0. The summed E-state index contributed by atoms with van der Waals surface area (Å²) in [6.45, 7) is 6.11. The lowest BCUT2D eigenvalue weighted by atomic mass is 9.79. The zero-order valence-corrected chi connectivity index (χ0v) is 17.0. The van der Waals surface area contributed by atoms with Crippen LogP contribution in [0.2, 0.25) is 0 Å². The van der Waals surface area contributed by atoms with Gasteiger partial charge in [-0.2, -0.15) is 0 Å². The molecule has 0 radical (unpaired) electrons. The van der Waals surface area contributed by atoms with E-state index in [-0.39, 0.29) is 6.10 Å². The number of rotatable bonds is 8. The van der Waals surface area contributed by atoms with Crippen molar-refractivity contribution in [1.29, 1.82) is 0 Å². The lowest BCUT2D eigenvalue weighted by Gasteiger charge is -2.26. The van der Waals surface area contributed by atoms with Crippen molar-refractivity contribution in [2.24, 2.45) is 11.8 Å². The summed E-state index contributed by atoms with van der Waals surface area (Å²) < 4.78 is 5.53. The maximum atomic E-state index is 5.53. The molecule has 0 N–H and O–H groups in total. The minimum atomic E-state index is 0.197. The maximum Gasteiger partial charge on any atom is 0.0818 e. The topological polar surface area (TPSA) is 9.23 Å². The number of benzene rings is 2. The SMILES string of the molecule is C=CC1CCC(CCc2ccc(-c3ccc(C(CC)OC)cc3)cc2)CC1. The van der Waals surface area contributed by atoms with Crippen molar-refractivity contribution in [2.45, 2.75) is 58.0 Å². The highest BCUT2D eigenvalue weighted by molar-refractivity contribution is 5.64. The zero-order chi connectivity index (χ0) is 19.1. The third kappa shape index (κ3) is 5.32. The first-order chi connectivity index (χ1) is 13.2. The Morgan fingerprint density at radius 2 is 1.56 bits per heavy atom. The van der Waals surface area contributed by atoms with Gasteiger partial charge in [-0.05, 0) is 79.0 Å². The van der Waals surface area contributed by atoms with E-state index in [4.69, 9.17) is 4.74 Å². The number of ether oxygens (including phenoxy) is 1. The Balaban J connectivity index is 1.55. The van der Waals surface area contributed by atoms with Crippen LogP contribution in [0.25, 0.3) is 11.1 Å². The molecule has 0 amide bonds. The number of hydrogen-bond acceptors (Lipinski definition) is 1. The van der Waals surface area contributed by atoms with Crippen molar-refractivity contribution in [3.05, 3.63) is 72.3 Å². The Labute approximate surface area is 165 Å². The van der Waals surface area contributed by atoms with Gasteiger partial charge in [0.15, 0.2) is 0 Å². The molecule has 1 aliphatic rings. The summed E-state index contributed by atoms with van der Waals surface area (Å²) in [5.74, 6) is 1.67. The van der Waals surface area contributed by atoms with Crippen LogP contribution in [0.4, 0.5) is 0 Å². The molecule has 2 aromatic rings. The molecule has 1 unspecified atom stereocenters. The molecule has 1 aliphatic carbocycles. The van der Waals surface area contributed by atoms with Gasteiger partial charge < -0.3 is 4.74 Å². The van der Waals surface area contributed by atoms with E-state index in [1.165, 1.54) is 60.8 Å². The smallest absolute Gasteiger partial charge is 0.0818 e. The molecule has 1 atom stereocenters. The van der Waals surface area contributed by atoms with Crippen LogP contribution in [0.1, 0.15) is 62.7 Å². The Morgan fingerprint density at radius 3 is 2.07 bits per heavy atom. The molecule has 1 fully saturated rings. The van der Waals surface area contributed by atoms with Crippen LogP contribution in [0, 0.1) is 11.8 Å². The zero-order valence-electron chi connectivity index (χ0n) is 17.0. The summed E-state index contributed by atoms with van der Waals surface area (Å²) >= 11 is 0. The molecule has 1 nitrogen and oxygen atoms in total. The molecule has 0 saturated heterocycles. The standard InChI is InChI=1S/C26H34O/c1-4-20-6-8-21(9-7-20)10-11-22-12-14-23(15-13-22)24-16-18-25(19-17-24)26(5-2)27-3/h4,12-21,26H,1,5-11H2,2-3H3. The molecule has 27 heavy (non-hydrogen) atoms. The fraction of sp³-hybridized carbons (Fsp3) is 0.462. The number of aryl methyl sites for hydroxylation is 1. The first-order valence-electron chi connectivity index (χ1n) is 10.6. The molecule has 0 heterocycles. The van der Waals surface area contributed by atoms with Gasteiger partial charge in [-0.1, -0.05) is 61.5 Å². The molecule has 0 aliphatic heterocycles. The van der Waals surface area contributed by atoms with Crippen LogP contribution >= 0.6 is 0 Å². The van der Waals surface area contributed by atoms with Crippen molar-refractivity contribution in [3.63, 3.8) is 0 Å². The summed E-state index contributed by atoms with van der Waals surface area (Å²) in [5, 5.41) is 0. The van der Waals surface area contributed by atoms with Gasteiger partial charge in [-0.25, -0.2) is 0 Å². The lowest BCUT2D eigenvalue weighted by Crippen LogP contribution is -2.13. The summed E-state index contributed by atoms with van der Waals surface area (Å²) in [5.41, 5.74) is 5.29. The molecule has 144 valence electrons. The maximum absolute atomic E-state index is 5.53. The van der Waals surface area contributed by atoms with E-state index in [0.717, 1.165) is 18.3 Å². The molecular formula is C26H34O. The van der Waals surface area contributed by atoms with Gasteiger partial charge >= 0.3 is 0 Å². The van der Waals surface area contributed by atoms with Crippen molar-refractivity contribution in [1.82, 2.24) is 0 Å². The Hall–Kier alpha value is -1.86. The summed E-state index contributed by atoms with van der Waals surface area (Å²) in [7, 11) is 1.78. The average Bonchev–Trinajstić information content (AvgIpc) is 2.74. The van der Waals surface area contributed by atoms with Crippen LogP contribution in [-0.4, -0.2) is 7.11 Å². The van der Waals surface area contributed by atoms with Gasteiger partial charge in [0.2, 0.25) is 0 Å². The first kappa shape index (κ1) is 19.9. The minimum Gasteiger partial charge on any atom is -0.377 e. The van der Waals surface area contributed by atoms with Gasteiger partial charge in [0.25, 0.3) is 0 Å². The largest absolute Gasteiger partial charge is 0.377 e. The van der Waals surface area contributed by atoms with Crippen molar-refractivity contribution in [3.8, 4) is 11.1 Å². The van der Waals surface area contributed by atoms with Crippen molar-refractivity contribution in [2.75, 3.05) is 7.11 Å². The fourth-order valence-corrected chi connectivity index (χ4v) is 4.38. The van der Waals surface area contributed by atoms with Crippen LogP contribution in [0.15, 0.2) is 61.2 Å². The first-order valence-corrected chi connectivity index (χ1v) is 10.6. The predicted molar refractivity (Wildman–Crippen MR) is 116 cm³/mol. The van der Waals surface area contributed by atoms with Gasteiger partial charge in [0, 0.05) is 7.11 Å². The number of hydrogen-bond donors (Lipinski definition) is 0. The number of allylic oxidation sites excluding steroid dienone is 1. The second kappa shape index (κ2) is 9.90. The fourth-order valence-electron chi connectivity index (χ4n) is 4.38. The summed E-state index contributed by atoms with van der Waals surface area (Å²) in [6.07, 6.45) is 11.3. The van der Waals surface area contributed by atoms with Crippen LogP contribution in [0.3, 0.4) is 0 Å². The second-order valence-corrected chi connectivity index (χ2v) is 8.01. The monoisotopic (exact) mass is 362 g/mol. The van der Waals surface area contributed by atoms with Crippen LogP contribution < -0.4 is 0 Å². The Morgan fingerprint density at radius 1 is 0.963 bits per heavy atom. The molecule has 0 aromatic heterocycles. The molecule has 1 heteroatoms. The Kier molecular flexibility index (Phi) is 7.29. The van der Waals surface area contributed by atoms with Gasteiger partial charge in [0.1, 0.15) is 0 Å². The minimum absolute atomic E-state index is 0.197. The van der Waals surface area contributed by atoms with Gasteiger partial charge in [-0.15, -0.1) is 6.58 Å². The van der Waals surface area contributed by atoms with Gasteiger partial charge in [0.05, 0.1) is 6.10 Å². The van der Waals surface area contributed by atoms with E-state index >= 15 is 0 Å². The van der Waals surface area contributed by atoms with Crippen LogP contribution in [0.5, 0.6) is 0 Å². The highest BCUT2D eigenvalue weighted by Gasteiger charge is 2.18. The quantitative estimate of drug-likeness (QED) is 0.445. The van der Waals surface area contributed by atoms with E-state index < -0.39 is 0 Å². The highest BCUT2D eigenvalue weighted by atomic mass is 16.5. The lowest BCUT2D eigenvalue weighted by molar-refractivity contribution is 0.100. The molecule has 0 spiro atoms. The molecular weight excluding hydrogens is 328 g/mol. The Bertz CT molecular complexity index is 686. The second-order valence-electron chi connectivity index (χ2n) is 8.01. The molecule has 0 bridgehead atoms. The highest BCUT2D eigenvalue weighted by Crippen LogP contribution is 2.32. The van der Waals surface area contributed by atoms with E-state index in [1.807, 2.05) is 0 Å². The molecule has 1 saturated carbocycles. The van der Waals surface area contributed by atoms with Crippen molar-refractivity contribution < 1.29 is 4.74 Å². The van der Waals surface area contributed by atoms with Gasteiger partial charge in [-0.3, -0.25) is 0 Å². The normalized spacial score (nSPS) is 21.0. The van der Waals surface area contributed by atoms with E-state index in [1.54, 1.807) is 7.11 Å². The van der Waals surface area contributed by atoms with E-state index in [2.05, 4.69) is 68.1 Å². The number of methoxy groups -OCH3 is 1. The predicted octanol–water partition coefficient (Wildman–Crippen LogP) is 7.38.